The highest BCUT2D eigenvalue weighted by molar-refractivity contribution is 5.91. The summed E-state index contributed by atoms with van der Waals surface area (Å²) in [6, 6.07) is 13.4. The van der Waals surface area contributed by atoms with E-state index in [1.54, 1.807) is 0 Å². The smallest absolute Gasteiger partial charge is 0.176 e. The van der Waals surface area contributed by atoms with Crippen LogP contribution >= 0.6 is 0 Å². The van der Waals surface area contributed by atoms with E-state index in [-0.39, 0.29) is 6.61 Å². The Kier molecular flexibility index (Phi) is 4.99. The summed E-state index contributed by atoms with van der Waals surface area (Å²) < 4.78 is 16.7. The highest BCUT2D eigenvalue weighted by Crippen LogP contribution is 2.33. The first kappa shape index (κ1) is 18.1. The number of ether oxygens (including phenoxy) is 1. The number of nitrogens with one attached hydrogen (secondary N) is 1. The fourth-order valence-electron chi connectivity index (χ4n) is 3.13. The van der Waals surface area contributed by atoms with Crippen molar-refractivity contribution >= 4 is 16.8 Å². The van der Waals surface area contributed by atoms with Gasteiger partial charge < -0.3 is 24.1 Å². The molecule has 0 saturated heterocycles. The zero-order chi connectivity index (χ0) is 19.5. The molecule has 0 atom stereocenters. The van der Waals surface area contributed by atoms with Crippen LogP contribution in [0.2, 0.25) is 0 Å². The third kappa shape index (κ3) is 3.57. The lowest BCUT2D eigenvalue weighted by Crippen LogP contribution is -2.12. The fraction of sp³-hybridized carbons (Fsp3) is 0.238. The molecule has 0 bridgehead atoms. The fourth-order valence-corrected chi connectivity index (χ4v) is 3.13. The van der Waals surface area contributed by atoms with Crippen LogP contribution in [-0.2, 0) is 6.61 Å². The maximum absolute atomic E-state index is 9.43. The third-order valence-electron chi connectivity index (χ3n) is 4.40. The predicted molar refractivity (Wildman–Crippen MR) is 105 cm³/mol. The molecule has 0 unspecified atom stereocenters. The van der Waals surface area contributed by atoms with Gasteiger partial charge in [-0.3, -0.25) is 0 Å². The number of aromatic nitrogens is 2. The Morgan fingerprint density at radius 2 is 1.96 bits per heavy atom. The molecule has 0 aliphatic rings. The zero-order valence-corrected chi connectivity index (χ0v) is 15.7. The minimum atomic E-state index is -0.175. The minimum absolute atomic E-state index is 0.175. The van der Waals surface area contributed by atoms with Gasteiger partial charge in [-0.1, -0.05) is 23.4 Å². The average molecular weight is 379 g/mol. The van der Waals surface area contributed by atoms with Crippen molar-refractivity contribution in [3.63, 3.8) is 0 Å². The van der Waals surface area contributed by atoms with Crippen molar-refractivity contribution in [2.75, 3.05) is 18.5 Å². The molecule has 3 heterocycles. The molecule has 0 radical (unpaired) electrons. The molecule has 4 rings (SSSR count). The topological polar surface area (TPSA) is 93.6 Å². The van der Waals surface area contributed by atoms with Gasteiger partial charge in [-0.2, -0.15) is 0 Å². The van der Waals surface area contributed by atoms with Crippen LogP contribution in [0.15, 0.2) is 51.4 Å². The number of pyridine rings is 1. The van der Waals surface area contributed by atoms with E-state index in [1.807, 2.05) is 56.3 Å². The highest BCUT2D eigenvalue weighted by Gasteiger charge is 2.18. The van der Waals surface area contributed by atoms with Crippen LogP contribution in [0.1, 0.15) is 17.2 Å². The molecule has 7 nitrogen and oxygen atoms in total. The molecular formula is C21H21N3O4. The second kappa shape index (κ2) is 7.74. The number of aryl methyl sites for hydroxylation is 2. The molecule has 2 N–H and O–H groups in total. The van der Waals surface area contributed by atoms with E-state index in [0.29, 0.717) is 36.1 Å². The molecule has 0 fully saturated rings. The first-order valence-electron chi connectivity index (χ1n) is 9.05. The lowest BCUT2D eigenvalue weighted by atomic mass is 10.1. The SMILES string of the molecule is Cc1noc(C)c1-c1cc2cc(CO)oc2c(NCCOc2ccccc2)n1. The average Bonchev–Trinajstić information content (AvgIpc) is 3.28. The van der Waals surface area contributed by atoms with Crippen LogP contribution in [0.5, 0.6) is 5.75 Å². The normalized spacial score (nSPS) is 11.1. The number of hydrogen-bond acceptors (Lipinski definition) is 7. The zero-order valence-electron chi connectivity index (χ0n) is 15.7. The van der Waals surface area contributed by atoms with Crippen molar-refractivity contribution < 1.29 is 18.8 Å². The molecule has 144 valence electrons. The van der Waals surface area contributed by atoms with Gasteiger partial charge in [0.05, 0.1) is 23.5 Å². The van der Waals surface area contributed by atoms with Crippen molar-refractivity contribution in [2.24, 2.45) is 0 Å². The Bertz CT molecular complexity index is 1070. The van der Waals surface area contributed by atoms with Crippen molar-refractivity contribution in [3.05, 3.63) is 59.7 Å². The van der Waals surface area contributed by atoms with E-state index in [4.69, 9.17) is 18.7 Å². The summed E-state index contributed by atoms with van der Waals surface area (Å²) in [7, 11) is 0. The number of benzene rings is 1. The van der Waals surface area contributed by atoms with Gasteiger partial charge in [0.1, 0.15) is 30.5 Å². The summed E-state index contributed by atoms with van der Waals surface area (Å²) in [6.07, 6.45) is 0. The quantitative estimate of drug-likeness (QED) is 0.467. The van der Waals surface area contributed by atoms with Gasteiger partial charge >= 0.3 is 0 Å². The first-order chi connectivity index (χ1) is 13.7. The second-order valence-electron chi connectivity index (χ2n) is 6.43. The maximum Gasteiger partial charge on any atom is 0.176 e. The monoisotopic (exact) mass is 379 g/mol. The number of furan rings is 1. The third-order valence-corrected chi connectivity index (χ3v) is 4.40. The molecule has 0 saturated carbocycles. The van der Waals surface area contributed by atoms with Crippen LogP contribution in [0.25, 0.3) is 22.2 Å². The lowest BCUT2D eigenvalue weighted by Gasteiger charge is -2.10. The van der Waals surface area contributed by atoms with Gasteiger partial charge in [0, 0.05) is 5.39 Å². The van der Waals surface area contributed by atoms with E-state index in [0.717, 1.165) is 28.1 Å². The van der Waals surface area contributed by atoms with Crippen LogP contribution < -0.4 is 10.1 Å². The molecule has 0 amide bonds. The van der Waals surface area contributed by atoms with E-state index < -0.39 is 0 Å². The molecule has 0 aliphatic carbocycles. The molecule has 0 aliphatic heterocycles. The summed E-state index contributed by atoms with van der Waals surface area (Å²) in [5, 5.41) is 17.6. The number of para-hydroxylation sites is 1. The summed E-state index contributed by atoms with van der Waals surface area (Å²) in [6.45, 7) is 4.57. The second-order valence-corrected chi connectivity index (χ2v) is 6.43. The Labute approximate surface area is 161 Å². The van der Waals surface area contributed by atoms with E-state index in [1.165, 1.54) is 0 Å². The van der Waals surface area contributed by atoms with Gasteiger partial charge in [0.15, 0.2) is 11.4 Å². The maximum atomic E-state index is 9.43. The van der Waals surface area contributed by atoms with Gasteiger partial charge in [0.25, 0.3) is 0 Å². The Morgan fingerprint density at radius 3 is 2.68 bits per heavy atom. The van der Waals surface area contributed by atoms with Gasteiger partial charge in [0.2, 0.25) is 0 Å². The van der Waals surface area contributed by atoms with Crippen LogP contribution in [0.3, 0.4) is 0 Å². The van der Waals surface area contributed by atoms with E-state index >= 15 is 0 Å². The number of aliphatic hydroxyl groups excluding tert-OH is 1. The highest BCUT2D eigenvalue weighted by atomic mass is 16.5. The van der Waals surface area contributed by atoms with Gasteiger partial charge in [-0.25, -0.2) is 4.98 Å². The molecule has 4 aromatic rings. The number of aliphatic hydroxyl groups is 1. The molecule has 1 aromatic carbocycles. The van der Waals surface area contributed by atoms with Gasteiger partial charge in [-0.05, 0) is 38.1 Å². The largest absolute Gasteiger partial charge is 0.492 e. The summed E-state index contributed by atoms with van der Waals surface area (Å²) in [4.78, 5) is 4.72. The van der Waals surface area contributed by atoms with Crippen molar-refractivity contribution in [2.45, 2.75) is 20.5 Å². The molecule has 28 heavy (non-hydrogen) atoms. The lowest BCUT2D eigenvalue weighted by molar-refractivity contribution is 0.251. The first-order valence-corrected chi connectivity index (χ1v) is 9.05. The Balaban J connectivity index is 1.61. The minimum Gasteiger partial charge on any atom is -0.492 e. The number of fused-ring (bicyclic) bond motifs is 1. The molecular weight excluding hydrogens is 358 g/mol. The van der Waals surface area contributed by atoms with Crippen molar-refractivity contribution in [1.82, 2.24) is 10.1 Å². The van der Waals surface area contributed by atoms with Crippen molar-refractivity contribution in [3.8, 4) is 17.0 Å². The van der Waals surface area contributed by atoms with E-state index in [2.05, 4.69) is 10.5 Å². The Hall–Kier alpha value is -3.32. The number of hydrogen-bond donors (Lipinski definition) is 2. The Morgan fingerprint density at radius 1 is 1.14 bits per heavy atom. The number of anilines is 1. The molecule has 7 heteroatoms. The van der Waals surface area contributed by atoms with Gasteiger partial charge in [-0.15, -0.1) is 0 Å². The molecule has 3 aromatic heterocycles. The van der Waals surface area contributed by atoms with Crippen LogP contribution in [0, 0.1) is 13.8 Å². The predicted octanol–water partition coefficient (Wildman–Crippen LogP) is 4.08. The number of nitrogens with zero attached hydrogens (tertiary/aromatic N) is 2. The number of rotatable bonds is 7. The van der Waals surface area contributed by atoms with Crippen LogP contribution in [0.4, 0.5) is 5.82 Å². The standard InChI is InChI=1S/C21H21N3O4/c1-13-19(14(2)28-24-13)18-11-15-10-17(12-25)27-20(15)21(23-18)22-8-9-26-16-6-4-3-5-7-16/h3-7,10-11,25H,8-9,12H2,1-2H3,(H,22,23). The summed E-state index contributed by atoms with van der Waals surface area (Å²) in [5.74, 6) is 2.58. The summed E-state index contributed by atoms with van der Waals surface area (Å²) >= 11 is 0. The van der Waals surface area contributed by atoms with E-state index in [9.17, 15) is 5.11 Å². The van der Waals surface area contributed by atoms with Crippen LogP contribution in [-0.4, -0.2) is 28.4 Å². The summed E-state index contributed by atoms with van der Waals surface area (Å²) in [5.41, 5.74) is 2.96. The molecule has 0 spiro atoms. The van der Waals surface area contributed by atoms with Crippen molar-refractivity contribution in [1.29, 1.82) is 0 Å².